The summed E-state index contributed by atoms with van der Waals surface area (Å²) < 4.78 is 1.76. The minimum atomic E-state index is -0.987. The summed E-state index contributed by atoms with van der Waals surface area (Å²) in [5, 5.41) is 13.8. The molecule has 162 valence electrons. The number of rotatable bonds is 4. The number of nitrogens with zero attached hydrogens (tertiary/aromatic N) is 3. The molecule has 6 heteroatoms. The van der Waals surface area contributed by atoms with Crippen LogP contribution in [0.4, 0.5) is 0 Å². The van der Waals surface area contributed by atoms with Gasteiger partial charge in [0, 0.05) is 22.6 Å². The third-order valence-corrected chi connectivity index (χ3v) is 5.93. The number of hydrogen-bond donors (Lipinski definition) is 1. The van der Waals surface area contributed by atoms with E-state index in [4.69, 9.17) is 0 Å². The van der Waals surface area contributed by atoms with Gasteiger partial charge in [-0.1, -0.05) is 59.1 Å². The summed E-state index contributed by atoms with van der Waals surface area (Å²) >= 11 is 1.72. The van der Waals surface area contributed by atoms with Crippen molar-refractivity contribution in [3.8, 4) is 11.1 Å². The molecule has 1 aromatic carbocycles. The quantitative estimate of drug-likeness (QED) is 0.458. The molecule has 1 fully saturated rings. The van der Waals surface area contributed by atoms with E-state index in [0.717, 1.165) is 29.7 Å². The molecule has 0 spiro atoms. The SMILES string of the molecule is CC.CC.CSc1ccc(-c2cnc3c(C(=O)O)cnn3c2C2CCCCC2)cc1. The molecule has 0 bridgehead atoms. The molecule has 1 N–H and O–H groups in total. The first-order valence-corrected chi connectivity index (χ1v) is 12.2. The topological polar surface area (TPSA) is 67.5 Å². The molecule has 1 aliphatic rings. The van der Waals surface area contributed by atoms with Gasteiger partial charge in [0.1, 0.15) is 5.56 Å². The molecule has 1 aliphatic carbocycles. The molecule has 2 aromatic heterocycles. The van der Waals surface area contributed by atoms with Crippen molar-refractivity contribution in [1.29, 1.82) is 0 Å². The average Bonchev–Trinajstić information content (AvgIpc) is 3.26. The van der Waals surface area contributed by atoms with Gasteiger partial charge in [-0.15, -0.1) is 11.8 Å². The van der Waals surface area contributed by atoms with Gasteiger partial charge in [-0.05, 0) is 36.8 Å². The summed E-state index contributed by atoms with van der Waals surface area (Å²) in [6.45, 7) is 8.00. The van der Waals surface area contributed by atoms with Gasteiger partial charge in [-0.25, -0.2) is 14.3 Å². The van der Waals surface area contributed by atoms with E-state index in [-0.39, 0.29) is 5.56 Å². The molecule has 3 aromatic rings. The average molecular weight is 428 g/mol. The van der Waals surface area contributed by atoms with Gasteiger partial charge in [0.15, 0.2) is 5.65 Å². The highest BCUT2D eigenvalue weighted by Gasteiger charge is 2.25. The van der Waals surface area contributed by atoms with Crippen LogP contribution >= 0.6 is 11.8 Å². The maximum absolute atomic E-state index is 11.5. The first kappa shape index (κ1) is 23.9. The maximum Gasteiger partial charge on any atom is 0.341 e. The minimum absolute atomic E-state index is 0.159. The number of fused-ring (bicyclic) bond motifs is 1. The lowest BCUT2D eigenvalue weighted by Gasteiger charge is -2.25. The van der Waals surface area contributed by atoms with Crippen LogP contribution in [0.2, 0.25) is 0 Å². The second kappa shape index (κ2) is 11.7. The molecule has 0 aliphatic heterocycles. The van der Waals surface area contributed by atoms with Crippen molar-refractivity contribution in [3.63, 3.8) is 0 Å². The highest BCUT2D eigenvalue weighted by atomic mass is 32.2. The van der Waals surface area contributed by atoms with Crippen molar-refractivity contribution in [2.24, 2.45) is 0 Å². The van der Waals surface area contributed by atoms with Crippen molar-refractivity contribution in [2.75, 3.05) is 6.26 Å². The van der Waals surface area contributed by atoms with Crippen LogP contribution in [0.15, 0.2) is 41.6 Å². The Bertz CT molecular complexity index is 945. The Morgan fingerprint density at radius 2 is 1.67 bits per heavy atom. The van der Waals surface area contributed by atoms with E-state index in [1.54, 1.807) is 16.3 Å². The zero-order chi connectivity index (χ0) is 22.1. The largest absolute Gasteiger partial charge is 0.477 e. The Morgan fingerprint density at radius 1 is 1.03 bits per heavy atom. The lowest BCUT2D eigenvalue weighted by molar-refractivity contribution is 0.0698. The predicted molar refractivity (Wildman–Crippen MR) is 126 cm³/mol. The van der Waals surface area contributed by atoms with Gasteiger partial charge in [-0.2, -0.15) is 5.10 Å². The lowest BCUT2D eigenvalue weighted by atomic mass is 9.84. The van der Waals surface area contributed by atoms with Gasteiger partial charge in [-0.3, -0.25) is 0 Å². The zero-order valence-corrected chi connectivity index (χ0v) is 19.5. The standard InChI is InChI=1S/C20H21N3O2S.2C2H6/c1-26-15-9-7-13(8-10-15)16-11-21-19-17(20(24)25)12-22-23(19)18(16)14-5-3-2-4-6-14;2*1-2/h7-12,14H,2-6H2,1H3,(H,24,25);2*1-2H3. The molecule has 4 rings (SSSR count). The second-order valence-corrected chi connectivity index (χ2v) is 7.60. The van der Waals surface area contributed by atoms with Crippen LogP contribution in [0.5, 0.6) is 0 Å². The van der Waals surface area contributed by atoms with E-state index < -0.39 is 5.97 Å². The molecule has 0 radical (unpaired) electrons. The fraction of sp³-hybridized carbons (Fsp3) is 0.458. The molecule has 2 heterocycles. The van der Waals surface area contributed by atoms with Crippen molar-refractivity contribution in [1.82, 2.24) is 14.6 Å². The highest BCUT2D eigenvalue weighted by molar-refractivity contribution is 7.98. The molecular formula is C24H33N3O2S. The van der Waals surface area contributed by atoms with Gasteiger partial charge < -0.3 is 5.11 Å². The van der Waals surface area contributed by atoms with E-state index in [1.165, 1.54) is 30.4 Å². The number of aromatic carboxylic acids is 1. The summed E-state index contributed by atoms with van der Waals surface area (Å²) in [5.74, 6) is -0.606. The number of carboxylic acid groups (broad SMARTS) is 1. The van der Waals surface area contributed by atoms with Gasteiger partial charge in [0.2, 0.25) is 0 Å². The number of carbonyl (C=O) groups is 1. The summed E-state index contributed by atoms with van der Waals surface area (Å²) in [5.41, 5.74) is 3.84. The van der Waals surface area contributed by atoms with Crippen LogP contribution in [0.1, 0.15) is 81.8 Å². The molecule has 0 atom stereocenters. The predicted octanol–water partition coefficient (Wildman–Crippen LogP) is 6.92. The van der Waals surface area contributed by atoms with Crippen molar-refractivity contribution in [2.45, 2.75) is 70.6 Å². The van der Waals surface area contributed by atoms with Crippen LogP contribution in [0.3, 0.4) is 0 Å². The van der Waals surface area contributed by atoms with Gasteiger partial charge in [0.25, 0.3) is 0 Å². The fourth-order valence-electron chi connectivity index (χ4n) is 3.86. The number of carboxylic acids is 1. The van der Waals surface area contributed by atoms with Crippen LogP contribution in [0.25, 0.3) is 16.8 Å². The number of hydrogen-bond acceptors (Lipinski definition) is 4. The fourth-order valence-corrected chi connectivity index (χ4v) is 4.27. The first-order valence-electron chi connectivity index (χ1n) is 10.9. The maximum atomic E-state index is 11.5. The highest BCUT2D eigenvalue weighted by Crippen LogP contribution is 2.38. The van der Waals surface area contributed by atoms with Gasteiger partial charge >= 0.3 is 5.97 Å². The molecule has 30 heavy (non-hydrogen) atoms. The molecule has 0 saturated heterocycles. The number of benzene rings is 1. The number of thioether (sulfide) groups is 1. The van der Waals surface area contributed by atoms with Crippen LogP contribution in [-0.4, -0.2) is 31.9 Å². The Labute approximate surface area is 183 Å². The van der Waals surface area contributed by atoms with Crippen LogP contribution in [0, 0.1) is 0 Å². The summed E-state index contributed by atoms with van der Waals surface area (Å²) in [7, 11) is 0. The molecule has 0 amide bonds. The minimum Gasteiger partial charge on any atom is -0.477 e. The molecule has 1 saturated carbocycles. The van der Waals surface area contributed by atoms with E-state index in [2.05, 4.69) is 40.6 Å². The van der Waals surface area contributed by atoms with E-state index in [1.807, 2.05) is 33.9 Å². The Kier molecular flexibility index (Phi) is 9.37. The summed E-state index contributed by atoms with van der Waals surface area (Å²) in [6.07, 6.45) is 11.2. The third-order valence-electron chi connectivity index (χ3n) is 5.19. The smallest absolute Gasteiger partial charge is 0.341 e. The van der Waals surface area contributed by atoms with Crippen LogP contribution < -0.4 is 0 Å². The molecule has 5 nitrogen and oxygen atoms in total. The van der Waals surface area contributed by atoms with Crippen molar-refractivity contribution in [3.05, 3.63) is 47.9 Å². The molecular weight excluding hydrogens is 394 g/mol. The Morgan fingerprint density at radius 3 is 2.23 bits per heavy atom. The number of aromatic nitrogens is 3. The summed E-state index contributed by atoms with van der Waals surface area (Å²) in [4.78, 5) is 17.2. The van der Waals surface area contributed by atoms with E-state index >= 15 is 0 Å². The normalized spacial score (nSPS) is 13.8. The Hall–Kier alpha value is -2.34. The van der Waals surface area contributed by atoms with Crippen molar-refractivity contribution < 1.29 is 9.90 Å². The Balaban J connectivity index is 0.000000757. The third kappa shape index (κ3) is 5.04. The van der Waals surface area contributed by atoms with Gasteiger partial charge in [0.05, 0.1) is 11.9 Å². The second-order valence-electron chi connectivity index (χ2n) is 6.72. The van der Waals surface area contributed by atoms with E-state index in [9.17, 15) is 9.90 Å². The van der Waals surface area contributed by atoms with Crippen molar-refractivity contribution >= 4 is 23.4 Å². The lowest BCUT2D eigenvalue weighted by Crippen LogP contribution is -2.13. The van der Waals surface area contributed by atoms with E-state index in [0.29, 0.717) is 11.6 Å². The molecule has 0 unspecified atom stereocenters. The monoisotopic (exact) mass is 427 g/mol. The zero-order valence-electron chi connectivity index (χ0n) is 18.7. The van der Waals surface area contributed by atoms with Crippen LogP contribution in [-0.2, 0) is 0 Å². The summed E-state index contributed by atoms with van der Waals surface area (Å²) in [6, 6.07) is 8.45. The first-order chi connectivity index (χ1) is 14.7.